The molecule has 0 bridgehead atoms. The summed E-state index contributed by atoms with van der Waals surface area (Å²) in [4.78, 5) is 0. The molecule has 0 spiro atoms. The van der Waals surface area contributed by atoms with Gasteiger partial charge in [0.25, 0.3) is 0 Å². The van der Waals surface area contributed by atoms with Crippen molar-refractivity contribution in [3.63, 3.8) is 0 Å². The fraction of sp³-hybridized carbons (Fsp3) is 0.364. The highest BCUT2D eigenvalue weighted by Gasteiger charge is 2.12. The number of hydrogen-bond acceptors (Lipinski definition) is 3. The van der Waals surface area contributed by atoms with Gasteiger partial charge in [0.2, 0.25) is 0 Å². The van der Waals surface area contributed by atoms with Crippen molar-refractivity contribution in [3.05, 3.63) is 28.2 Å². The lowest BCUT2D eigenvalue weighted by Crippen LogP contribution is -2.11. The summed E-state index contributed by atoms with van der Waals surface area (Å²) in [5.41, 5.74) is 6.75. The number of benzene rings is 1. The Morgan fingerprint density at radius 3 is 2.81 bits per heavy atom. The Bertz CT molecular complexity index is 379. The van der Waals surface area contributed by atoms with Crippen molar-refractivity contribution in [2.75, 3.05) is 6.61 Å². The molecule has 1 atom stereocenters. The number of hydrogen-bond donors (Lipinski definition) is 1. The van der Waals surface area contributed by atoms with Gasteiger partial charge in [-0.25, -0.2) is 0 Å². The first-order valence-electron chi connectivity index (χ1n) is 4.73. The summed E-state index contributed by atoms with van der Waals surface area (Å²) >= 11 is 3.37. The van der Waals surface area contributed by atoms with E-state index >= 15 is 0 Å². The van der Waals surface area contributed by atoms with Crippen LogP contribution in [0.5, 0.6) is 5.75 Å². The smallest absolute Gasteiger partial charge is 0.124 e. The molecule has 1 aromatic rings. The van der Waals surface area contributed by atoms with Gasteiger partial charge >= 0.3 is 0 Å². The molecule has 0 amide bonds. The van der Waals surface area contributed by atoms with Gasteiger partial charge in [-0.1, -0.05) is 15.9 Å². The topological polar surface area (TPSA) is 59.0 Å². The van der Waals surface area contributed by atoms with Gasteiger partial charge in [0.1, 0.15) is 5.75 Å². The van der Waals surface area contributed by atoms with E-state index in [4.69, 9.17) is 15.7 Å². The van der Waals surface area contributed by atoms with E-state index in [1.807, 2.05) is 25.1 Å². The molecule has 1 aromatic carbocycles. The summed E-state index contributed by atoms with van der Waals surface area (Å²) in [5.74, 6) is 0.753. The molecule has 0 unspecified atom stereocenters. The molecule has 0 aliphatic carbocycles. The quantitative estimate of drug-likeness (QED) is 0.929. The standard InChI is InChI=1S/C11H13BrN2O.ClH/c1-2-15-11-4-3-8(12)7-9(11)10(14)5-6-13;/h3-4,7,10H,2,5,14H2,1H3;1H/t10-;/m1./s1. The zero-order chi connectivity index (χ0) is 11.3. The zero-order valence-electron chi connectivity index (χ0n) is 8.94. The molecule has 0 radical (unpaired) electrons. The van der Waals surface area contributed by atoms with E-state index in [-0.39, 0.29) is 24.9 Å². The van der Waals surface area contributed by atoms with Gasteiger partial charge in [0.15, 0.2) is 0 Å². The lowest BCUT2D eigenvalue weighted by atomic mass is 10.0. The molecule has 3 nitrogen and oxygen atoms in total. The highest BCUT2D eigenvalue weighted by Crippen LogP contribution is 2.28. The largest absolute Gasteiger partial charge is 0.494 e. The second-order valence-corrected chi connectivity index (χ2v) is 4.00. The van der Waals surface area contributed by atoms with Crippen LogP contribution in [0.15, 0.2) is 22.7 Å². The summed E-state index contributed by atoms with van der Waals surface area (Å²) in [7, 11) is 0. The van der Waals surface area contributed by atoms with Gasteiger partial charge in [-0.3, -0.25) is 0 Å². The van der Waals surface area contributed by atoms with Crippen LogP contribution in [0.4, 0.5) is 0 Å². The summed E-state index contributed by atoms with van der Waals surface area (Å²) in [6, 6.07) is 7.42. The Morgan fingerprint density at radius 2 is 2.25 bits per heavy atom. The molecular weight excluding hydrogens is 291 g/mol. The minimum atomic E-state index is -0.297. The van der Waals surface area contributed by atoms with E-state index in [0.717, 1.165) is 15.8 Å². The number of rotatable bonds is 4. The minimum Gasteiger partial charge on any atom is -0.494 e. The fourth-order valence-electron chi connectivity index (χ4n) is 1.30. The van der Waals surface area contributed by atoms with Gasteiger partial charge in [-0.2, -0.15) is 5.26 Å². The third-order valence-electron chi connectivity index (χ3n) is 1.98. The maximum Gasteiger partial charge on any atom is 0.124 e. The van der Waals surface area contributed by atoms with Gasteiger partial charge in [0, 0.05) is 16.1 Å². The van der Waals surface area contributed by atoms with E-state index in [0.29, 0.717) is 6.61 Å². The van der Waals surface area contributed by atoms with Crippen molar-refractivity contribution in [1.82, 2.24) is 0 Å². The number of nitrogens with two attached hydrogens (primary N) is 1. The van der Waals surface area contributed by atoms with E-state index in [2.05, 4.69) is 22.0 Å². The lowest BCUT2D eigenvalue weighted by molar-refractivity contribution is 0.334. The Balaban J connectivity index is 0.00000225. The molecule has 2 N–H and O–H groups in total. The summed E-state index contributed by atoms with van der Waals surface area (Å²) in [6.45, 7) is 2.51. The average molecular weight is 306 g/mol. The van der Waals surface area contributed by atoms with Gasteiger partial charge in [-0.15, -0.1) is 12.4 Å². The number of ether oxygens (including phenoxy) is 1. The predicted molar refractivity (Wildman–Crippen MR) is 69.7 cm³/mol. The summed E-state index contributed by atoms with van der Waals surface area (Å²) < 4.78 is 6.39. The second-order valence-electron chi connectivity index (χ2n) is 3.08. The maximum atomic E-state index is 8.61. The highest BCUT2D eigenvalue weighted by molar-refractivity contribution is 9.10. The monoisotopic (exact) mass is 304 g/mol. The molecule has 0 heterocycles. The van der Waals surface area contributed by atoms with Crippen LogP contribution in [0.1, 0.15) is 24.9 Å². The average Bonchev–Trinajstić information content (AvgIpc) is 2.21. The van der Waals surface area contributed by atoms with Crippen molar-refractivity contribution in [1.29, 1.82) is 5.26 Å². The van der Waals surface area contributed by atoms with Gasteiger partial charge in [0.05, 0.1) is 19.1 Å². The molecule has 88 valence electrons. The molecule has 5 heteroatoms. The number of halogens is 2. The highest BCUT2D eigenvalue weighted by atomic mass is 79.9. The molecule has 0 saturated heterocycles. The van der Waals surface area contributed by atoms with E-state index in [1.165, 1.54) is 0 Å². The minimum absolute atomic E-state index is 0. The van der Waals surface area contributed by atoms with E-state index in [1.54, 1.807) is 0 Å². The Kier molecular flexibility index (Phi) is 7.15. The molecule has 0 fully saturated rings. The molecule has 0 saturated carbocycles. The zero-order valence-corrected chi connectivity index (χ0v) is 11.3. The van der Waals surface area contributed by atoms with Crippen molar-refractivity contribution >= 4 is 28.3 Å². The molecule has 0 aliphatic rings. The van der Waals surface area contributed by atoms with E-state index < -0.39 is 0 Å². The van der Waals surface area contributed by atoms with Crippen LogP contribution in [0.25, 0.3) is 0 Å². The molecule has 0 aliphatic heterocycles. The first-order valence-corrected chi connectivity index (χ1v) is 5.53. The van der Waals surface area contributed by atoms with Crippen LogP contribution in [-0.2, 0) is 0 Å². The molecule has 0 aromatic heterocycles. The Hall–Kier alpha value is -0.760. The first-order chi connectivity index (χ1) is 7.19. The first kappa shape index (κ1) is 15.2. The van der Waals surface area contributed by atoms with Crippen molar-refractivity contribution in [2.24, 2.45) is 5.73 Å². The van der Waals surface area contributed by atoms with Crippen molar-refractivity contribution in [3.8, 4) is 11.8 Å². The molecule has 1 rings (SSSR count). The van der Waals surface area contributed by atoms with Gasteiger partial charge in [-0.05, 0) is 25.1 Å². The van der Waals surface area contributed by atoms with Crippen LogP contribution < -0.4 is 10.5 Å². The third kappa shape index (κ3) is 4.01. The van der Waals surface area contributed by atoms with E-state index in [9.17, 15) is 0 Å². The lowest BCUT2D eigenvalue weighted by Gasteiger charge is -2.14. The maximum absolute atomic E-state index is 8.61. The Morgan fingerprint density at radius 1 is 1.56 bits per heavy atom. The molecule has 16 heavy (non-hydrogen) atoms. The Labute approximate surface area is 110 Å². The van der Waals surface area contributed by atoms with Crippen LogP contribution in [0, 0.1) is 11.3 Å². The molecular formula is C11H14BrClN2O. The number of nitriles is 1. The fourth-order valence-corrected chi connectivity index (χ4v) is 1.68. The third-order valence-corrected chi connectivity index (χ3v) is 2.48. The van der Waals surface area contributed by atoms with Crippen LogP contribution in [-0.4, -0.2) is 6.61 Å². The SMILES string of the molecule is CCOc1ccc(Br)cc1[C@H](N)CC#N.Cl. The summed E-state index contributed by atoms with van der Waals surface area (Å²) in [6.07, 6.45) is 0.288. The van der Waals surface area contributed by atoms with Gasteiger partial charge < -0.3 is 10.5 Å². The van der Waals surface area contributed by atoms with Crippen molar-refractivity contribution < 1.29 is 4.74 Å². The van der Waals surface area contributed by atoms with Crippen LogP contribution in [0.3, 0.4) is 0 Å². The normalized spacial score (nSPS) is 11.1. The van der Waals surface area contributed by atoms with Crippen molar-refractivity contribution in [2.45, 2.75) is 19.4 Å². The second kappa shape index (κ2) is 7.50. The number of nitrogens with zero attached hydrogens (tertiary/aromatic N) is 1. The summed E-state index contributed by atoms with van der Waals surface area (Å²) in [5, 5.41) is 8.61. The predicted octanol–water partition coefficient (Wildman–Crippen LogP) is 3.18. The van der Waals surface area contributed by atoms with Crippen LogP contribution >= 0.6 is 28.3 Å². The van der Waals surface area contributed by atoms with Crippen LogP contribution in [0.2, 0.25) is 0 Å².